The van der Waals surface area contributed by atoms with Crippen LogP contribution in [0.1, 0.15) is 16.7 Å². The number of rotatable bonds is 6. The smallest absolute Gasteiger partial charge is 0.330 e. The van der Waals surface area contributed by atoms with Gasteiger partial charge in [0.2, 0.25) is 0 Å². The van der Waals surface area contributed by atoms with Crippen molar-refractivity contribution in [3.63, 3.8) is 0 Å². The highest BCUT2D eigenvalue weighted by molar-refractivity contribution is 7.80. The van der Waals surface area contributed by atoms with E-state index in [1.807, 2.05) is 0 Å². The van der Waals surface area contributed by atoms with Crippen LogP contribution in [-0.4, -0.2) is 24.7 Å². The number of halogens is 4. The van der Waals surface area contributed by atoms with Crippen molar-refractivity contribution in [3.05, 3.63) is 95.7 Å². The van der Waals surface area contributed by atoms with E-state index in [0.717, 1.165) is 12.1 Å². The SMILES string of the molecule is Fc1ccccc1Cn1ccc(NC(=S)Nc2cnn(Cc3cccc(C(F)(F)F)c3)c2)n1. The molecular formula is C22H18F4N6S. The van der Waals surface area contributed by atoms with Crippen LogP contribution in [0, 0.1) is 5.82 Å². The van der Waals surface area contributed by atoms with Crippen LogP contribution in [0.5, 0.6) is 0 Å². The second-order valence-corrected chi connectivity index (χ2v) is 7.60. The van der Waals surface area contributed by atoms with Crippen molar-refractivity contribution in [1.82, 2.24) is 19.6 Å². The van der Waals surface area contributed by atoms with E-state index in [0.29, 0.717) is 22.6 Å². The van der Waals surface area contributed by atoms with Crippen molar-refractivity contribution in [2.24, 2.45) is 0 Å². The van der Waals surface area contributed by atoms with Crippen LogP contribution in [0.25, 0.3) is 0 Å². The Morgan fingerprint density at radius 2 is 1.79 bits per heavy atom. The first-order chi connectivity index (χ1) is 15.8. The molecule has 4 aromatic rings. The Morgan fingerprint density at radius 1 is 0.970 bits per heavy atom. The molecule has 0 radical (unpaired) electrons. The van der Waals surface area contributed by atoms with Gasteiger partial charge in [-0.2, -0.15) is 23.4 Å². The zero-order chi connectivity index (χ0) is 23.4. The molecule has 6 nitrogen and oxygen atoms in total. The summed E-state index contributed by atoms with van der Waals surface area (Å²) in [6.07, 6.45) is 0.445. The normalized spacial score (nSPS) is 11.4. The monoisotopic (exact) mass is 474 g/mol. The van der Waals surface area contributed by atoms with Crippen LogP contribution in [0.4, 0.5) is 29.1 Å². The van der Waals surface area contributed by atoms with Crippen LogP contribution in [0.15, 0.2) is 73.2 Å². The number of aromatic nitrogens is 4. The fourth-order valence-electron chi connectivity index (χ4n) is 3.14. The third-order valence-corrected chi connectivity index (χ3v) is 4.87. The zero-order valence-corrected chi connectivity index (χ0v) is 17.9. The van der Waals surface area contributed by atoms with Crippen molar-refractivity contribution in [2.45, 2.75) is 19.3 Å². The fourth-order valence-corrected chi connectivity index (χ4v) is 3.37. The summed E-state index contributed by atoms with van der Waals surface area (Å²) >= 11 is 5.28. The number of nitrogens with zero attached hydrogens (tertiary/aromatic N) is 4. The fraction of sp³-hybridized carbons (Fsp3) is 0.136. The largest absolute Gasteiger partial charge is 0.416 e. The first-order valence-electron chi connectivity index (χ1n) is 9.80. The number of anilines is 2. The van der Waals surface area contributed by atoms with Gasteiger partial charge < -0.3 is 10.6 Å². The number of hydrogen-bond donors (Lipinski definition) is 2. The molecule has 2 N–H and O–H groups in total. The molecular weight excluding hydrogens is 456 g/mol. The van der Waals surface area contributed by atoms with E-state index >= 15 is 0 Å². The second-order valence-electron chi connectivity index (χ2n) is 7.19. The van der Waals surface area contributed by atoms with Crippen LogP contribution in [0.2, 0.25) is 0 Å². The average molecular weight is 474 g/mol. The third kappa shape index (κ3) is 5.95. The molecule has 0 atom stereocenters. The molecule has 0 bridgehead atoms. The summed E-state index contributed by atoms with van der Waals surface area (Å²) in [4.78, 5) is 0. The minimum absolute atomic E-state index is 0.173. The number of benzene rings is 2. The first-order valence-corrected chi connectivity index (χ1v) is 10.2. The van der Waals surface area contributed by atoms with E-state index in [2.05, 4.69) is 20.8 Å². The molecule has 0 saturated heterocycles. The van der Waals surface area contributed by atoms with Gasteiger partial charge in [0.05, 0.1) is 30.5 Å². The summed E-state index contributed by atoms with van der Waals surface area (Å²) in [6, 6.07) is 13.3. The van der Waals surface area contributed by atoms with Gasteiger partial charge in [-0.1, -0.05) is 30.3 Å². The van der Waals surface area contributed by atoms with Gasteiger partial charge >= 0.3 is 6.18 Å². The molecule has 4 rings (SSSR count). The maximum atomic E-state index is 13.8. The van der Waals surface area contributed by atoms with Crippen molar-refractivity contribution in [1.29, 1.82) is 0 Å². The topological polar surface area (TPSA) is 59.7 Å². The average Bonchev–Trinajstić information content (AvgIpc) is 3.38. The molecule has 0 amide bonds. The minimum Gasteiger partial charge on any atom is -0.330 e. The number of thiocarbonyl (C=S) groups is 1. The lowest BCUT2D eigenvalue weighted by Gasteiger charge is -2.09. The van der Waals surface area contributed by atoms with Crippen LogP contribution >= 0.6 is 12.2 Å². The lowest BCUT2D eigenvalue weighted by Crippen LogP contribution is -2.19. The molecule has 2 heterocycles. The van der Waals surface area contributed by atoms with Crippen molar-refractivity contribution in [2.75, 3.05) is 10.6 Å². The molecule has 2 aromatic heterocycles. The van der Waals surface area contributed by atoms with Crippen molar-refractivity contribution in [3.8, 4) is 0 Å². The van der Waals surface area contributed by atoms with Crippen LogP contribution < -0.4 is 10.6 Å². The quantitative estimate of drug-likeness (QED) is 0.299. The van der Waals surface area contributed by atoms with Gasteiger partial charge in [0.15, 0.2) is 10.9 Å². The predicted molar refractivity (Wildman–Crippen MR) is 120 cm³/mol. The first kappa shape index (κ1) is 22.5. The highest BCUT2D eigenvalue weighted by Crippen LogP contribution is 2.29. The highest BCUT2D eigenvalue weighted by Gasteiger charge is 2.30. The van der Waals surface area contributed by atoms with E-state index in [4.69, 9.17) is 12.2 Å². The van der Waals surface area contributed by atoms with Gasteiger partial charge in [-0.15, -0.1) is 0 Å². The Morgan fingerprint density at radius 3 is 2.58 bits per heavy atom. The molecule has 0 aliphatic rings. The molecule has 11 heteroatoms. The molecule has 33 heavy (non-hydrogen) atoms. The van der Waals surface area contributed by atoms with Crippen LogP contribution in [0.3, 0.4) is 0 Å². The Balaban J connectivity index is 1.33. The van der Waals surface area contributed by atoms with E-state index in [9.17, 15) is 17.6 Å². The van der Waals surface area contributed by atoms with Gasteiger partial charge in [-0.05, 0) is 36.0 Å². The lowest BCUT2D eigenvalue weighted by atomic mass is 10.1. The highest BCUT2D eigenvalue weighted by atomic mass is 32.1. The minimum atomic E-state index is -4.40. The molecule has 0 saturated carbocycles. The number of hydrogen-bond acceptors (Lipinski definition) is 3. The van der Waals surface area contributed by atoms with E-state index in [1.165, 1.54) is 23.0 Å². The van der Waals surface area contributed by atoms with Gasteiger partial charge in [0.25, 0.3) is 0 Å². The Kier molecular flexibility index (Phi) is 6.40. The van der Waals surface area contributed by atoms with E-state index in [-0.39, 0.29) is 24.0 Å². The molecule has 0 spiro atoms. The molecule has 0 unspecified atom stereocenters. The predicted octanol–water partition coefficient (Wildman–Crippen LogP) is 5.14. The summed E-state index contributed by atoms with van der Waals surface area (Å²) in [5.41, 5.74) is 0.845. The summed E-state index contributed by atoms with van der Waals surface area (Å²) < 4.78 is 55.5. The molecule has 0 aliphatic heterocycles. The van der Waals surface area contributed by atoms with Crippen molar-refractivity contribution >= 4 is 28.8 Å². The Bertz CT molecular complexity index is 1260. The van der Waals surface area contributed by atoms with E-state index in [1.54, 1.807) is 47.4 Å². The standard InChI is InChI=1S/C22H18F4N6S/c23-19-7-2-1-5-16(19)13-31-9-8-20(30-31)29-21(33)28-18-11-27-32(14-18)12-15-4-3-6-17(10-15)22(24,25)26/h1-11,14H,12-13H2,(H2,28,29,30,33). The Hall–Kier alpha value is -3.73. The zero-order valence-electron chi connectivity index (χ0n) is 17.1. The van der Waals surface area contributed by atoms with Gasteiger partial charge in [0.1, 0.15) is 5.82 Å². The van der Waals surface area contributed by atoms with Gasteiger partial charge in [-0.3, -0.25) is 9.36 Å². The van der Waals surface area contributed by atoms with Crippen LogP contribution in [-0.2, 0) is 19.3 Å². The summed E-state index contributed by atoms with van der Waals surface area (Å²) in [5, 5.41) is 14.6. The number of nitrogens with one attached hydrogen (secondary N) is 2. The summed E-state index contributed by atoms with van der Waals surface area (Å²) in [7, 11) is 0. The summed E-state index contributed by atoms with van der Waals surface area (Å²) in [6.45, 7) is 0.448. The summed E-state index contributed by atoms with van der Waals surface area (Å²) in [5.74, 6) is 0.169. The van der Waals surface area contributed by atoms with Gasteiger partial charge in [-0.25, -0.2) is 4.39 Å². The lowest BCUT2D eigenvalue weighted by molar-refractivity contribution is -0.137. The number of alkyl halides is 3. The van der Waals surface area contributed by atoms with Gasteiger partial charge in [0, 0.05) is 24.0 Å². The second kappa shape index (κ2) is 9.41. The molecule has 0 fully saturated rings. The third-order valence-electron chi connectivity index (χ3n) is 4.66. The Labute approximate surface area is 191 Å². The molecule has 0 aliphatic carbocycles. The maximum Gasteiger partial charge on any atom is 0.416 e. The van der Waals surface area contributed by atoms with Crippen molar-refractivity contribution < 1.29 is 17.6 Å². The van der Waals surface area contributed by atoms with E-state index < -0.39 is 11.7 Å². The maximum absolute atomic E-state index is 13.8. The molecule has 170 valence electrons. The molecule has 2 aromatic carbocycles.